The first-order valence-corrected chi connectivity index (χ1v) is 10.7. The molecule has 0 aliphatic rings. The molecule has 7 nitrogen and oxygen atoms in total. The van der Waals surface area contributed by atoms with Gasteiger partial charge in [0.25, 0.3) is 0 Å². The molecule has 1 aromatic heterocycles. The van der Waals surface area contributed by atoms with Gasteiger partial charge < -0.3 is 18.6 Å². The van der Waals surface area contributed by atoms with Crippen LogP contribution in [0.3, 0.4) is 0 Å². The molecule has 24 heavy (non-hydrogen) atoms. The van der Waals surface area contributed by atoms with E-state index >= 15 is 0 Å². The summed E-state index contributed by atoms with van der Waals surface area (Å²) in [5, 5.41) is 2.93. The average Bonchev–Trinajstić information content (AvgIpc) is 2.93. The number of aryl methyl sites for hydroxylation is 2. The molecule has 0 saturated carbocycles. The van der Waals surface area contributed by atoms with Crippen LogP contribution >= 0.6 is 0 Å². The maximum atomic E-state index is 12.3. The van der Waals surface area contributed by atoms with Gasteiger partial charge in [0.1, 0.15) is 5.82 Å². The molecule has 0 atom stereocenters. The Bertz CT molecular complexity index is 490. The molecule has 0 spiro atoms. The fourth-order valence-electron chi connectivity index (χ4n) is 2.56. The van der Waals surface area contributed by atoms with Crippen molar-refractivity contribution in [2.45, 2.75) is 53.5 Å². The molecule has 0 fully saturated rings. The lowest BCUT2D eigenvalue weighted by Crippen LogP contribution is -2.46. The van der Waals surface area contributed by atoms with Crippen molar-refractivity contribution in [3.63, 3.8) is 0 Å². The van der Waals surface area contributed by atoms with E-state index in [0.29, 0.717) is 32.4 Å². The number of carbonyl (C=O) groups excluding carboxylic acids is 1. The molecule has 0 aliphatic carbocycles. The van der Waals surface area contributed by atoms with Crippen molar-refractivity contribution < 1.29 is 18.1 Å². The van der Waals surface area contributed by atoms with Crippen molar-refractivity contribution >= 4 is 14.8 Å². The largest absolute Gasteiger partial charge is 0.500 e. The maximum absolute atomic E-state index is 12.3. The van der Waals surface area contributed by atoms with Crippen molar-refractivity contribution in [3.05, 3.63) is 17.7 Å². The van der Waals surface area contributed by atoms with Crippen molar-refractivity contribution in [3.8, 4) is 0 Å². The molecular weight excluding hydrogens is 326 g/mol. The Kier molecular flexibility index (Phi) is 9.20. The molecule has 1 heterocycles. The van der Waals surface area contributed by atoms with Crippen LogP contribution in [0.5, 0.6) is 0 Å². The molecule has 0 aromatic carbocycles. The highest BCUT2D eigenvalue weighted by Crippen LogP contribution is 2.17. The highest BCUT2D eigenvalue weighted by atomic mass is 28.4. The van der Waals surface area contributed by atoms with Gasteiger partial charge in [0, 0.05) is 45.0 Å². The number of carbonyl (C=O) groups is 1. The van der Waals surface area contributed by atoms with Crippen LogP contribution in [-0.2, 0) is 19.7 Å². The summed E-state index contributed by atoms with van der Waals surface area (Å²) < 4.78 is 19.0. The van der Waals surface area contributed by atoms with Crippen LogP contribution in [-0.4, -0.2) is 50.8 Å². The fourth-order valence-corrected chi connectivity index (χ4v) is 5.17. The lowest BCUT2D eigenvalue weighted by atomic mass is 10.4. The third-order valence-electron chi connectivity index (χ3n) is 3.46. The molecule has 0 radical (unpaired) electrons. The molecule has 138 valence electrons. The van der Waals surface area contributed by atoms with Crippen LogP contribution in [0, 0.1) is 6.92 Å². The Morgan fingerprint density at radius 1 is 1.17 bits per heavy atom. The number of amides is 1. The number of rotatable bonds is 11. The predicted molar refractivity (Wildman–Crippen MR) is 95.2 cm³/mol. The Labute approximate surface area is 146 Å². The minimum Gasteiger partial charge on any atom is -0.374 e. The maximum Gasteiger partial charge on any atom is 0.500 e. The van der Waals surface area contributed by atoms with Gasteiger partial charge in [-0.15, -0.1) is 0 Å². The zero-order valence-corrected chi connectivity index (χ0v) is 16.6. The fraction of sp³-hybridized carbons (Fsp3) is 0.750. The Morgan fingerprint density at radius 3 is 2.25 bits per heavy atom. The SMILES string of the molecule is CCO[Si](CCCNC(=O)n1cc(C)nc1CC)(OCC)OCC. The van der Waals surface area contributed by atoms with Gasteiger partial charge in [-0.05, 0) is 34.1 Å². The van der Waals surface area contributed by atoms with Crippen molar-refractivity contribution in [1.29, 1.82) is 0 Å². The van der Waals surface area contributed by atoms with Crippen LogP contribution in [0.15, 0.2) is 6.20 Å². The summed E-state index contributed by atoms with van der Waals surface area (Å²) in [6.07, 6.45) is 3.22. The standard InChI is InChI=1S/C16H31N3O4Si/c1-6-15-18-14(5)13-19(15)16(20)17-11-10-12-24(21-7-2,22-8-3)23-9-4/h13H,6-12H2,1-5H3,(H,17,20). The quantitative estimate of drug-likeness (QED) is 0.487. The molecule has 0 saturated heterocycles. The van der Waals surface area contributed by atoms with Crippen LogP contribution in [0.1, 0.15) is 45.6 Å². The van der Waals surface area contributed by atoms with Gasteiger partial charge in [-0.25, -0.2) is 9.78 Å². The van der Waals surface area contributed by atoms with Crippen molar-refractivity contribution in [2.75, 3.05) is 26.4 Å². The normalized spacial score (nSPS) is 11.7. The Balaban J connectivity index is 2.53. The van der Waals surface area contributed by atoms with Gasteiger partial charge >= 0.3 is 14.8 Å². The molecule has 0 bridgehead atoms. The van der Waals surface area contributed by atoms with E-state index in [4.69, 9.17) is 13.3 Å². The number of aromatic nitrogens is 2. The second-order valence-electron chi connectivity index (χ2n) is 5.34. The first kappa shape index (κ1) is 20.8. The predicted octanol–water partition coefficient (Wildman–Crippen LogP) is 2.75. The first-order valence-electron chi connectivity index (χ1n) is 8.76. The van der Waals surface area contributed by atoms with Gasteiger partial charge in [-0.2, -0.15) is 0 Å². The third kappa shape index (κ3) is 6.01. The lowest BCUT2D eigenvalue weighted by Gasteiger charge is -2.28. The first-order chi connectivity index (χ1) is 11.5. The van der Waals surface area contributed by atoms with E-state index in [9.17, 15) is 4.79 Å². The van der Waals surface area contributed by atoms with Crippen LogP contribution < -0.4 is 5.32 Å². The van der Waals surface area contributed by atoms with E-state index in [1.807, 2.05) is 34.6 Å². The highest BCUT2D eigenvalue weighted by Gasteiger charge is 2.39. The Morgan fingerprint density at radius 2 is 1.75 bits per heavy atom. The van der Waals surface area contributed by atoms with E-state index in [2.05, 4.69) is 10.3 Å². The molecule has 0 unspecified atom stereocenters. The number of nitrogens with zero attached hydrogens (tertiary/aromatic N) is 2. The molecule has 0 aliphatic heterocycles. The lowest BCUT2D eigenvalue weighted by molar-refractivity contribution is 0.0708. The highest BCUT2D eigenvalue weighted by molar-refractivity contribution is 6.60. The summed E-state index contributed by atoms with van der Waals surface area (Å²) in [6, 6.07) is 0.538. The topological polar surface area (TPSA) is 74.6 Å². The van der Waals surface area contributed by atoms with Gasteiger partial charge in [0.2, 0.25) is 0 Å². The third-order valence-corrected chi connectivity index (χ3v) is 6.61. The van der Waals surface area contributed by atoms with Gasteiger partial charge in [0.05, 0.1) is 5.69 Å². The minimum atomic E-state index is -2.63. The summed E-state index contributed by atoms with van der Waals surface area (Å²) in [4.78, 5) is 16.6. The zero-order valence-electron chi connectivity index (χ0n) is 15.6. The molecule has 1 aromatic rings. The van der Waals surface area contributed by atoms with Crippen LogP contribution in [0.25, 0.3) is 0 Å². The molecular formula is C16H31N3O4Si. The summed E-state index contributed by atoms with van der Waals surface area (Å²) >= 11 is 0. The summed E-state index contributed by atoms with van der Waals surface area (Å²) in [6.45, 7) is 11.9. The van der Waals surface area contributed by atoms with Gasteiger partial charge in [-0.3, -0.25) is 4.57 Å². The second-order valence-corrected chi connectivity index (χ2v) is 8.07. The van der Waals surface area contributed by atoms with Gasteiger partial charge in [0.15, 0.2) is 0 Å². The summed E-state index contributed by atoms with van der Waals surface area (Å²) in [5.74, 6) is 0.770. The molecule has 1 amide bonds. The molecule has 1 N–H and O–H groups in total. The van der Waals surface area contributed by atoms with E-state index < -0.39 is 8.80 Å². The second kappa shape index (κ2) is 10.6. The monoisotopic (exact) mass is 357 g/mol. The molecule has 8 heteroatoms. The zero-order chi connectivity index (χ0) is 18.0. The van der Waals surface area contributed by atoms with Crippen LogP contribution in [0.2, 0.25) is 6.04 Å². The summed E-state index contributed by atoms with van der Waals surface area (Å²) in [5.41, 5.74) is 0.845. The number of nitrogens with one attached hydrogen (secondary N) is 1. The van der Waals surface area contributed by atoms with E-state index in [-0.39, 0.29) is 6.03 Å². The number of imidazole rings is 1. The number of hydrogen-bond acceptors (Lipinski definition) is 5. The van der Waals surface area contributed by atoms with Crippen molar-refractivity contribution in [2.24, 2.45) is 0 Å². The Hall–Kier alpha value is -1.22. The van der Waals surface area contributed by atoms with Crippen LogP contribution in [0.4, 0.5) is 4.79 Å². The number of hydrogen-bond donors (Lipinski definition) is 1. The molecule has 1 rings (SSSR count). The summed E-state index contributed by atoms with van der Waals surface area (Å²) in [7, 11) is -2.63. The average molecular weight is 358 g/mol. The smallest absolute Gasteiger partial charge is 0.374 e. The van der Waals surface area contributed by atoms with Gasteiger partial charge in [-0.1, -0.05) is 6.92 Å². The van der Waals surface area contributed by atoms with Crippen molar-refractivity contribution in [1.82, 2.24) is 14.9 Å². The van der Waals surface area contributed by atoms with E-state index in [1.165, 1.54) is 0 Å². The minimum absolute atomic E-state index is 0.149. The van der Waals surface area contributed by atoms with E-state index in [1.54, 1.807) is 10.8 Å². The van der Waals surface area contributed by atoms with E-state index in [0.717, 1.165) is 24.4 Å².